The van der Waals surface area contributed by atoms with Crippen LogP contribution in [0.25, 0.3) is 11.0 Å². The van der Waals surface area contributed by atoms with Crippen LogP contribution >= 0.6 is 11.6 Å². The first-order valence-corrected chi connectivity index (χ1v) is 7.71. The molecule has 25 heavy (non-hydrogen) atoms. The summed E-state index contributed by atoms with van der Waals surface area (Å²) in [5.41, 5.74) is 1.71. The Bertz CT molecular complexity index is 943. The summed E-state index contributed by atoms with van der Waals surface area (Å²) in [5.74, 6) is 0.159. The minimum atomic E-state index is -4.37. The van der Waals surface area contributed by atoms with Gasteiger partial charge in [-0.1, -0.05) is 29.8 Å². The molecule has 3 aromatic rings. The highest BCUT2D eigenvalue weighted by Crippen LogP contribution is 2.33. The second kappa shape index (κ2) is 6.65. The fraction of sp³-hybridized carbons (Fsp3) is 0.176. The van der Waals surface area contributed by atoms with Crippen molar-refractivity contribution in [1.82, 2.24) is 9.97 Å². The van der Waals surface area contributed by atoms with E-state index < -0.39 is 18.6 Å². The highest BCUT2D eigenvalue weighted by atomic mass is 35.5. The van der Waals surface area contributed by atoms with Crippen LogP contribution < -0.4 is 5.32 Å². The van der Waals surface area contributed by atoms with Crippen molar-refractivity contribution >= 4 is 28.6 Å². The highest BCUT2D eigenvalue weighted by molar-refractivity contribution is 6.30. The molecule has 4 nitrogen and oxygen atoms in total. The minimum absolute atomic E-state index is 0.159. The number of fused-ring (bicyclic) bond motifs is 1. The molecule has 0 aliphatic carbocycles. The smallest absolute Gasteiger partial charge is 0.349 e. The van der Waals surface area contributed by atoms with Crippen LogP contribution in [-0.2, 0) is 0 Å². The van der Waals surface area contributed by atoms with Gasteiger partial charge in [-0.05, 0) is 29.8 Å². The molecular formula is C17H12ClF3N4. The number of alkyl halides is 3. The summed E-state index contributed by atoms with van der Waals surface area (Å²) in [4.78, 5) is 7.11. The molecule has 0 radical (unpaired) electrons. The summed E-state index contributed by atoms with van der Waals surface area (Å²) in [6.07, 6.45) is -5.46. The first-order valence-electron chi connectivity index (χ1n) is 7.33. The number of H-pyrrole nitrogens is 1. The van der Waals surface area contributed by atoms with E-state index in [1.54, 1.807) is 36.4 Å². The van der Waals surface area contributed by atoms with Crippen molar-refractivity contribution in [1.29, 1.82) is 5.26 Å². The van der Waals surface area contributed by atoms with Crippen molar-refractivity contribution in [2.24, 2.45) is 0 Å². The van der Waals surface area contributed by atoms with Crippen LogP contribution in [0.4, 0.5) is 19.1 Å². The first kappa shape index (κ1) is 17.1. The van der Waals surface area contributed by atoms with Gasteiger partial charge in [0.1, 0.15) is 11.6 Å². The van der Waals surface area contributed by atoms with Crippen LogP contribution in [0.5, 0.6) is 0 Å². The normalized spacial score (nSPS) is 12.8. The van der Waals surface area contributed by atoms with Gasteiger partial charge in [0.15, 0.2) is 0 Å². The fourth-order valence-electron chi connectivity index (χ4n) is 2.56. The van der Waals surface area contributed by atoms with Crippen LogP contribution in [0, 0.1) is 11.3 Å². The predicted molar refractivity (Wildman–Crippen MR) is 89.3 cm³/mol. The lowest BCUT2D eigenvalue weighted by atomic mass is 10.0. The van der Waals surface area contributed by atoms with Crippen LogP contribution in [0.15, 0.2) is 42.5 Å². The van der Waals surface area contributed by atoms with Crippen molar-refractivity contribution in [3.05, 3.63) is 58.6 Å². The number of benzene rings is 2. The Morgan fingerprint density at radius 1 is 1.24 bits per heavy atom. The lowest BCUT2D eigenvalue weighted by molar-refractivity contribution is -0.137. The molecule has 0 aliphatic rings. The zero-order valence-corrected chi connectivity index (χ0v) is 13.5. The molecule has 0 spiro atoms. The number of rotatable bonds is 4. The Morgan fingerprint density at radius 3 is 2.68 bits per heavy atom. The molecule has 1 heterocycles. The molecule has 0 fully saturated rings. The number of halogens is 4. The molecule has 8 heteroatoms. The van der Waals surface area contributed by atoms with Gasteiger partial charge in [-0.2, -0.15) is 18.4 Å². The molecule has 0 bridgehead atoms. The maximum absolute atomic E-state index is 13.0. The second-order valence-corrected chi connectivity index (χ2v) is 5.91. The summed E-state index contributed by atoms with van der Waals surface area (Å²) in [7, 11) is 0. The summed E-state index contributed by atoms with van der Waals surface area (Å²) in [6.45, 7) is 0. The number of hydrogen-bond acceptors (Lipinski definition) is 3. The topological polar surface area (TPSA) is 64.5 Å². The number of aromatic amines is 1. The third-order valence-electron chi connectivity index (χ3n) is 3.63. The number of anilines is 1. The monoisotopic (exact) mass is 364 g/mol. The van der Waals surface area contributed by atoms with Gasteiger partial charge in [0, 0.05) is 5.02 Å². The molecule has 0 saturated carbocycles. The first-order chi connectivity index (χ1) is 11.9. The molecule has 1 aromatic heterocycles. The van der Waals surface area contributed by atoms with Crippen molar-refractivity contribution in [2.75, 3.05) is 5.32 Å². The molecule has 0 aliphatic heterocycles. The zero-order valence-electron chi connectivity index (χ0n) is 12.7. The van der Waals surface area contributed by atoms with Crippen LogP contribution in [0.2, 0.25) is 5.02 Å². The van der Waals surface area contributed by atoms with Crippen LogP contribution in [0.1, 0.15) is 23.6 Å². The zero-order chi connectivity index (χ0) is 18.0. The number of nitrogens with one attached hydrogen (secondary N) is 2. The molecule has 2 N–H and O–H groups in total. The van der Waals surface area contributed by atoms with E-state index in [1.807, 2.05) is 6.07 Å². The molecule has 1 unspecified atom stereocenters. The van der Waals surface area contributed by atoms with Gasteiger partial charge < -0.3 is 10.3 Å². The number of aromatic nitrogens is 2. The Balaban J connectivity index is 1.96. The number of para-hydroxylation sites is 1. The van der Waals surface area contributed by atoms with E-state index in [1.165, 1.54) is 6.07 Å². The van der Waals surface area contributed by atoms with E-state index >= 15 is 0 Å². The van der Waals surface area contributed by atoms with Gasteiger partial charge >= 0.3 is 6.18 Å². The Labute approximate surface area is 146 Å². The van der Waals surface area contributed by atoms with Gasteiger partial charge in [0.2, 0.25) is 5.95 Å². The van der Waals surface area contributed by atoms with Gasteiger partial charge in [-0.25, -0.2) is 4.98 Å². The molecule has 0 amide bonds. The van der Waals surface area contributed by atoms with Gasteiger partial charge in [0.25, 0.3) is 0 Å². The molecule has 128 valence electrons. The average Bonchev–Trinajstić information content (AvgIpc) is 2.95. The largest absolute Gasteiger partial charge is 0.391 e. The van der Waals surface area contributed by atoms with Crippen molar-refractivity contribution in [3.8, 4) is 6.07 Å². The van der Waals surface area contributed by atoms with E-state index in [2.05, 4.69) is 15.3 Å². The number of imidazole rings is 1. The molecule has 1 atom stereocenters. The maximum Gasteiger partial charge on any atom is 0.391 e. The van der Waals surface area contributed by atoms with E-state index in [4.69, 9.17) is 16.9 Å². The number of nitriles is 1. The van der Waals surface area contributed by atoms with E-state index in [0.717, 1.165) is 0 Å². The van der Waals surface area contributed by atoms with Gasteiger partial charge in [0.05, 0.1) is 23.5 Å². The SMILES string of the molecule is N#Cc1cccc2[nH]c(NC(CC(F)(F)F)c3cccc(Cl)c3)nc12. The number of hydrogen-bond donors (Lipinski definition) is 2. The molecule has 0 saturated heterocycles. The fourth-order valence-corrected chi connectivity index (χ4v) is 2.76. The van der Waals surface area contributed by atoms with Gasteiger partial charge in [-0.3, -0.25) is 0 Å². The predicted octanol–water partition coefficient (Wildman–Crippen LogP) is 5.19. The standard InChI is InChI=1S/C17H12ClF3N4/c18-12-5-1-3-10(7-12)14(8-17(19,20)21)24-16-23-13-6-2-4-11(9-22)15(13)25-16/h1-7,14H,8H2,(H2,23,24,25). The van der Waals surface area contributed by atoms with Crippen molar-refractivity contribution < 1.29 is 13.2 Å². The summed E-state index contributed by atoms with van der Waals surface area (Å²) < 4.78 is 38.9. The Hall–Kier alpha value is -2.72. The van der Waals surface area contributed by atoms with Crippen LogP contribution in [-0.4, -0.2) is 16.1 Å². The summed E-state index contributed by atoms with van der Waals surface area (Å²) in [5, 5.41) is 12.2. The summed E-state index contributed by atoms with van der Waals surface area (Å²) >= 11 is 5.90. The van der Waals surface area contributed by atoms with Crippen molar-refractivity contribution in [2.45, 2.75) is 18.6 Å². The van der Waals surface area contributed by atoms with E-state index in [-0.39, 0.29) is 5.95 Å². The molecule has 2 aromatic carbocycles. The summed E-state index contributed by atoms with van der Waals surface area (Å²) in [6, 6.07) is 12.1. The third kappa shape index (κ3) is 4.03. The third-order valence-corrected chi connectivity index (χ3v) is 3.87. The Morgan fingerprint density at radius 2 is 2.00 bits per heavy atom. The van der Waals surface area contributed by atoms with E-state index in [0.29, 0.717) is 27.2 Å². The lowest BCUT2D eigenvalue weighted by Gasteiger charge is -2.20. The Kier molecular flexibility index (Phi) is 4.55. The number of nitrogens with zero attached hydrogens (tertiary/aromatic N) is 2. The van der Waals surface area contributed by atoms with Crippen LogP contribution in [0.3, 0.4) is 0 Å². The quantitative estimate of drug-likeness (QED) is 0.669. The van der Waals surface area contributed by atoms with Gasteiger partial charge in [-0.15, -0.1) is 0 Å². The second-order valence-electron chi connectivity index (χ2n) is 5.47. The minimum Gasteiger partial charge on any atom is -0.349 e. The highest BCUT2D eigenvalue weighted by Gasteiger charge is 2.33. The maximum atomic E-state index is 13.0. The van der Waals surface area contributed by atoms with E-state index in [9.17, 15) is 13.2 Å². The molecular weight excluding hydrogens is 353 g/mol. The average molecular weight is 365 g/mol. The lowest BCUT2D eigenvalue weighted by Crippen LogP contribution is -2.20. The van der Waals surface area contributed by atoms with Crippen molar-refractivity contribution in [3.63, 3.8) is 0 Å². The molecule has 3 rings (SSSR count).